The fraction of sp³-hybridized carbons (Fsp3) is 0.417. The van der Waals surface area contributed by atoms with Gasteiger partial charge in [-0.05, 0) is 34.0 Å². The molecule has 0 bridgehead atoms. The van der Waals surface area contributed by atoms with Gasteiger partial charge in [0, 0.05) is 11.8 Å². The first kappa shape index (κ1) is 15.6. The maximum absolute atomic E-state index is 11.9. The average molecular weight is 330 g/mol. The molecule has 0 aliphatic heterocycles. The highest BCUT2D eigenvalue weighted by Gasteiger charge is 2.20. The molecule has 0 aliphatic carbocycles. The molecule has 0 spiro atoms. The Morgan fingerprint density at radius 2 is 2.21 bits per heavy atom. The Morgan fingerprint density at radius 3 is 2.74 bits per heavy atom. The van der Waals surface area contributed by atoms with Gasteiger partial charge in [-0.3, -0.25) is 14.9 Å². The highest BCUT2D eigenvalue weighted by atomic mass is 79.9. The van der Waals surface area contributed by atoms with Crippen LogP contribution in [0.3, 0.4) is 0 Å². The standard InChI is InChI=1S/C12H16BrN3O3/c1-3-7(2)11(14)12(17)15-8-4-5-9(13)10(6-8)16(18)19/h4-7,11H,3,14H2,1-2H3,(H,15,17)/t7-,11-/m0/s1. The van der Waals surface area contributed by atoms with E-state index in [-0.39, 0.29) is 17.5 Å². The van der Waals surface area contributed by atoms with Gasteiger partial charge >= 0.3 is 0 Å². The molecule has 6 nitrogen and oxygen atoms in total. The van der Waals surface area contributed by atoms with E-state index in [0.29, 0.717) is 10.2 Å². The van der Waals surface area contributed by atoms with Gasteiger partial charge in [-0.15, -0.1) is 0 Å². The summed E-state index contributed by atoms with van der Waals surface area (Å²) in [6, 6.07) is 3.76. The number of nitrogens with one attached hydrogen (secondary N) is 1. The number of benzene rings is 1. The highest BCUT2D eigenvalue weighted by Crippen LogP contribution is 2.27. The molecule has 0 aromatic heterocycles. The number of carbonyl (C=O) groups is 1. The van der Waals surface area contributed by atoms with E-state index in [1.165, 1.54) is 12.1 Å². The molecule has 0 saturated heterocycles. The van der Waals surface area contributed by atoms with Crippen LogP contribution in [0.2, 0.25) is 0 Å². The van der Waals surface area contributed by atoms with Crippen LogP contribution in [0, 0.1) is 16.0 Å². The van der Waals surface area contributed by atoms with E-state index in [9.17, 15) is 14.9 Å². The second-order valence-corrected chi connectivity index (χ2v) is 5.18. The Hall–Kier alpha value is -1.47. The van der Waals surface area contributed by atoms with E-state index in [1.807, 2.05) is 13.8 Å². The Kier molecular flexibility index (Phi) is 5.44. The predicted octanol–water partition coefficient (Wildman–Crippen LogP) is 2.67. The Balaban J connectivity index is 2.86. The first-order valence-corrected chi connectivity index (χ1v) is 6.66. The number of rotatable bonds is 5. The van der Waals surface area contributed by atoms with Gasteiger partial charge in [0.25, 0.3) is 5.69 Å². The van der Waals surface area contributed by atoms with E-state index in [2.05, 4.69) is 21.2 Å². The van der Waals surface area contributed by atoms with Gasteiger partial charge < -0.3 is 11.1 Å². The van der Waals surface area contributed by atoms with Gasteiger partial charge in [0.2, 0.25) is 5.91 Å². The van der Waals surface area contributed by atoms with Crippen molar-refractivity contribution in [1.29, 1.82) is 0 Å². The SMILES string of the molecule is CC[C@H](C)[C@H](N)C(=O)Nc1ccc(Br)c([N+](=O)[O-])c1. The maximum atomic E-state index is 11.9. The summed E-state index contributed by atoms with van der Waals surface area (Å²) >= 11 is 3.08. The summed E-state index contributed by atoms with van der Waals surface area (Å²) < 4.78 is 0.363. The lowest BCUT2D eigenvalue weighted by atomic mass is 9.99. The number of hydrogen-bond acceptors (Lipinski definition) is 4. The Labute approximate surface area is 119 Å². The molecule has 0 radical (unpaired) electrons. The van der Waals surface area contributed by atoms with E-state index in [0.717, 1.165) is 6.42 Å². The molecule has 1 aromatic carbocycles. The molecule has 7 heteroatoms. The zero-order valence-electron chi connectivity index (χ0n) is 10.7. The first-order chi connectivity index (χ1) is 8.86. The highest BCUT2D eigenvalue weighted by molar-refractivity contribution is 9.10. The van der Waals surface area contributed by atoms with Crippen molar-refractivity contribution in [3.05, 3.63) is 32.8 Å². The van der Waals surface area contributed by atoms with Gasteiger partial charge in [0.05, 0.1) is 15.4 Å². The number of carbonyl (C=O) groups excluding carboxylic acids is 1. The number of amides is 1. The molecule has 104 valence electrons. The quantitative estimate of drug-likeness (QED) is 0.640. The average Bonchev–Trinajstić information content (AvgIpc) is 2.38. The third-order valence-electron chi connectivity index (χ3n) is 2.97. The molecule has 1 rings (SSSR count). The smallest absolute Gasteiger partial charge is 0.285 e. The van der Waals surface area contributed by atoms with Gasteiger partial charge in [-0.2, -0.15) is 0 Å². The topological polar surface area (TPSA) is 98.3 Å². The minimum absolute atomic E-state index is 0.0467. The van der Waals surface area contributed by atoms with Crippen LogP contribution in [-0.2, 0) is 4.79 Å². The van der Waals surface area contributed by atoms with Gasteiger partial charge in [-0.1, -0.05) is 20.3 Å². The molecular formula is C12H16BrN3O3. The number of nitro groups is 1. The van der Waals surface area contributed by atoms with Gasteiger partial charge in [0.1, 0.15) is 0 Å². The molecule has 3 N–H and O–H groups in total. The van der Waals surface area contributed by atoms with Crippen LogP contribution in [0.25, 0.3) is 0 Å². The summed E-state index contributed by atoms with van der Waals surface area (Å²) in [5.41, 5.74) is 6.05. The minimum atomic E-state index is -0.632. The van der Waals surface area contributed by atoms with E-state index >= 15 is 0 Å². The summed E-state index contributed by atoms with van der Waals surface area (Å²) in [5, 5.41) is 13.4. The second kappa shape index (κ2) is 6.63. The van der Waals surface area contributed by atoms with Crippen LogP contribution in [-0.4, -0.2) is 16.9 Å². The van der Waals surface area contributed by atoms with Crippen LogP contribution >= 0.6 is 15.9 Å². The molecule has 0 fully saturated rings. The predicted molar refractivity (Wildman–Crippen MR) is 76.9 cm³/mol. The molecule has 0 saturated carbocycles. The number of anilines is 1. The van der Waals surface area contributed by atoms with Crippen molar-refractivity contribution in [3.8, 4) is 0 Å². The van der Waals surface area contributed by atoms with Gasteiger partial charge in [-0.25, -0.2) is 0 Å². The number of nitrogens with two attached hydrogens (primary N) is 1. The van der Waals surface area contributed by atoms with E-state index < -0.39 is 11.0 Å². The normalized spacial score (nSPS) is 13.7. The first-order valence-electron chi connectivity index (χ1n) is 5.87. The summed E-state index contributed by atoms with van der Waals surface area (Å²) in [7, 11) is 0. The van der Waals surface area contributed by atoms with Crippen molar-refractivity contribution in [2.24, 2.45) is 11.7 Å². The number of nitrogens with zero attached hydrogens (tertiary/aromatic N) is 1. The maximum Gasteiger partial charge on any atom is 0.285 e. The number of halogens is 1. The molecule has 19 heavy (non-hydrogen) atoms. The Morgan fingerprint density at radius 1 is 1.58 bits per heavy atom. The monoisotopic (exact) mass is 329 g/mol. The molecule has 0 aliphatic rings. The lowest BCUT2D eigenvalue weighted by molar-refractivity contribution is -0.385. The van der Waals surface area contributed by atoms with Crippen LogP contribution in [0.5, 0.6) is 0 Å². The van der Waals surface area contributed by atoms with Crippen LogP contribution in [0.15, 0.2) is 22.7 Å². The molecule has 2 atom stereocenters. The summed E-state index contributed by atoms with van der Waals surface area (Å²) in [6.07, 6.45) is 0.787. The summed E-state index contributed by atoms with van der Waals surface area (Å²) in [4.78, 5) is 22.1. The largest absolute Gasteiger partial charge is 0.324 e. The van der Waals surface area contributed by atoms with Crippen molar-refractivity contribution < 1.29 is 9.72 Å². The molecule has 1 amide bonds. The van der Waals surface area contributed by atoms with Crippen molar-refractivity contribution in [1.82, 2.24) is 0 Å². The second-order valence-electron chi connectivity index (χ2n) is 4.32. The number of hydrogen-bond donors (Lipinski definition) is 2. The minimum Gasteiger partial charge on any atom is -0.324 e. The molecule has 0 unspecified atom stereocenters. The van der Waals surface area contributed by atoms with Crippen molar-refractivity contribution in [3.63, 3.8) is 0 Å². The third-order valence-corrected chi connectivity index (χ3v) is 3.64. The van der Waals surface area contributed by atoms with E-state index in [4.69, 9.17) is 5.73 Å². The van der Waals surface area contributed by atoms with Crippen molar-refractivity contribution in [2.75, 3.05) is 5.32 Å². The number of nitro benzene ring substituents is 1. The zero-order chi connectivity index (χ0) is 14.6. The third kappa shape index (κ3) is 4.00. The molecule has 0 heterocycles. The van der Waals surface area contributed by atoms with Crippen LogP contribution < -0.4 is 11.1 Å². The van der Waals surface area contributed by atoms with Crippen LogP contribution in [0.4, 0.5) is 11.4 Å². The fourth-order valence-corrected chi connectivity index (χ4v) is 1.86. The zero-order valence-corrected chi connectivity index (χ0v) is 12.3. The molecular weight excluding hydrogens is 314 g/mol. The Bertz CT molecular complexity index is 493. The van der Waals surface area contributed by atoms with Crippen LogP contribution in [0.1, 0.15) is 20.3 Å². The summed E-state index contributed by atoms with van der Waals surface area (Å²) in [6.45, 7) is 3.83. The van der Waals surface area contributed by atoms with Gasteiger partial charge in [0.15, 0.2) is 0 Å². The van der Waals surface area contributed by atoms with E-state index in [1.54, 1.807) is 6.07 Å². The van der Waals surface area contributed by atoms with Crippen molar-refractivity contribution in [2.45, 2.75) is 26.3 Å². The van der Waals surface area contributed by atoms with Crippen molar-refractivity contribution >= 4 is 33.2 Å². The lowest BCUT2D eigenvalue weighted by Gasteiger charge is -2.17. The molecule has 1 aromatic rings. The summed E-state index contributed by atoms with van der Waals surface area (Å²) in [5.74, 6) is -0.295. The fourth-order valence-electron chi connectivity index (χ4n) is 1.47. The lowest BCUT2D eigenvalue weighted by Crippen LogP contribution is -2.40.